The van der Waals surface area contributed by atoms with Crippen molar-refractivity contribution >= 4 is 28.8 Å². The number of benzene rings is 1. The summed E-state index contributed by atoms with van der Waals surface area (Å²) in [5.74, 6) is 1.09. The first-order chi connectivity index (χ1) is 7.36. The molecule has 1 nitrogen and oxygen atoms in total. The standard InChI is InChI=1S/C12H13NS2/c13-11-5-1-2-6-12(11)15-9-7-10-4-3-8-14-10/h1-6,8H,7,9,13H2. The minimum atomic E-state index is 0.883. The first kappa shape index (κ1) is 10.6. The smallest absolute Gasteiger partial charge is 0.0452 e. The highest BCUT2D eigenvalue weighted by atomic mass is 32.2. The lowest BCUT2D eigenvalue weighted by Gasteiger charge is -2.03. The van der Waals surface area contributed by atoms with Gasteiger partial charge in [0, 0.05) is 21.2 Å². The molecule has 0 aliphatic carbocycles. The van der Waals surface area contributed by atoms with E-state index in [1.165, 1.54) is 9.77 Å². The fourth-order valence-corrected chi connectivity index (χ4v) is 3.12. The summed E-state index contributed by atoms with van der Waals surface area (Å²) < 4.78 is 0. The molecule has 1 heterocycles. The van der Waals surface area contributed by atoms with Gasteiger partial charge in [0.1, 0.15) is 0 Å². The molecule has 15 heavy (non-hydrogen) atoms. The van der Waals surface area contributed by atoms with E-state index >= 15 is 0 Å². The van der Waals surface area contributed by atoms with Crippen LogP contribution in [0.5, 0.6) is 0 Å². The van der Waals surface area contributed by atoms with Crippen molar-refractivity contribution in [2.24, 2.45) is 0 Å². The van der Waals surface area contributed by atoms with E-state index in [0.29, 0.717) is 0 Å². The van der Waals surface area contributed by atoms with Crippen LogP contribution in [0.15, 0.2) is 46.7 Å². The molecule has 1 aromatic heterocycles. The molecule has 2 aromatic rings. The lowest BCUT2D eigenvalue weighted by molar-refractivity contribution is 1.20. The van der Waals surface area contributed by atoms with Gasteiger partial charge in [-0.1, -0.05) is 18.2 Å². The Morgan fingerprint density at radius 3 is 2.73 bits per heavy atom. The number of rotatable bonds is 4. The SMILES string of the molecule is Nc1ccccc1SCCc1cccs1. The Balaban J connectivity index is 1.86. The van der Waals surface area contributed by atoms with Crippen molar-refractivity contribution in [2.45, 2.75) is 11.3 Å². The van der Waals surface area contributed by atoms with Gasteiger partial charge in [-0.25, -0.2) is 0 Å². The van der Waals surface area contributed by atoms with Crippen molar-refractivity contribution in [3.8, 4) is 0 Å². The zero-order valence-corrected chi connectivity index (χ0v) is 9.98. The lowest BCUT2D eigenvalue weighted by atomic mass is 10.3. The summed E-state index contributed by atoms with van der Waals surface area (Å²) in [6, 6.07) is 12.3. The van der Waals surface area contributed by atoms with Crippen LogP contribution in [0, 0.1) is 0 Å². The summed E-state index contributed by atoms with van der Waals surface area (Å²) in [7, 11) is 0. The van der Waals surface area contributed by atoms with Gasteiger partial charge in [-0.3, -0.25) is 0 Å². The number of anilines is 1. The minimum absolute atomic E-state index is 0.883. The average Bonchev–Trinajstić information content (AvgIpc) is 2.74. The Morgan fingerprint density at radius 1 is 1.13 bits per heavy atom. The molecule has 2 N–H and O–H groups in total. The summed E-state index contributed by atoms with van der Waals surface area (Å²) >= 11 is 3.64. The second-order valence-electron chi connectivity index (χ2n) is 3.22. The maximum absolute atomic E-state index is 5.86. The monoisotopic (exact) mass is 235 g/mol. The molecule has 0 radical (unpaired) electrons. The summed E-state index contributed by atoms with van der Waals surface area (Å²) in [6.07, 6.45) is 1.12. The van der Waals surface area contributed by atoms with Gasteiger partial charge in [-0.05, 0) is 30.0 Å². The highest BCUT2D eigenvalue weighted by Gasteiger charge is 1.99. The summed E-state index contributed by atoms with van der Waals surface area (Å²) in [4.78, 5) is 2.63. The highest BCUT2D eigenvalue weighted by molar-refractivity contribution is 7.99. The molecule has 0 aliphatic rings. The molecule has 0 bridgehead atoms. The Bertz CT molecular complexity index is 409. The lowest BCUT2D eigenvalue weighted by Crippen LogP contribution is -1.89. The molecule has 3 heteroatoms. The molecule has 0 aliphatic heterocycles. The number of para-hydroxylation sites is 1. The fraction of sp³-hybridized carbons (Fsp3) is 0.167. The van der Waals surface area contributed by atoms with Crippen LogP contribution < -0.4 is 5.73 Å². The normalized spacial score (nSPS) is 10.4. The summed E-state index contributed by atoms with van der Waals surface area (Å²) in [5, 5.41) is 2.12. The van der Waals surface area contributed by atoms with Gasteiger partial charge >= 0.3 is 0 Å². The number of hydrogen-bond donors (Lipinski definition) is 1. The fourth-order valence-electron chi connectivity index (χ4n) is 1.33. The Hall–Kier alpha value is -0.930. The number of thiophene rings is 1. The first-order valence-corrected chi connectivity index (χ1v) is 6.72. The Kier molecular flexibility index (Phi) is 3.69. The van der Waals surface area contributed by atoms with E-state index in [9.17, 15) is 0 Å². The van der Waals surface area contributed by atoms with Crippen molar-refractivity contribution in [3.05, 3.63) is 46.7 Å². The van der Waals surface area contributed by atoms with Crippen molar-refractivity contribution in [3.63, 3.8) is 0 Å². The van der Waals surface area contributed by atoms with Gasteiger partial charge in [0.05, 0.1) is 0 Å². The van der Waals surface area contributed by atoms with E-state index < -0.39 is 0 Å². The van der Waals surface area contributed by atoms with Gasteiger partial charge in [0.15, 0.2) is 0 Å². The van der Waals surface area contributed by atoms with Crippen LogP contribution >= 0.6 is 23.1 Å². The van der Waals surface area contributed by atoms with Gasteiger partial charge in [-0.15, -0.1) is 23.1 Å². The maximum atomic E-state index is 5.86. The first-order valence-electron chi connectivity index (χ1n) is 4.86. The molecule has 0 saturated carbocycles. The zero-order chi connectivity index (χ0) is 10.5. The van der Waals surface area contributed by atoms with Crippen LogP contribution in [0.4, 0.5) is 5.69 Å². The van der Waals surface area contributed by atoms with Crippen molar-refractivity contribution in [1.29, 1.82) is 0 Å². The summed E-state index contributed by atoms with van der Waals surface area (Å²) in [6.45, 7) is 0. The molecule has 0 saturated heterocycles. The number of nitrogens with two attached hydrogens (primary N) is 1. The number of aryl methyl sites for hydroxylation is 1. The Labute approximate surface area is 98.3 Å². The number of thioether (sulfide) groups is 1. The molecule has 0 unspecified atom stereocenters. The van der Waals surface area contributed by atoms with Crippen LogP contribution in [-0.4, -0.2) is 5.75 Å². The molecule has 78 valence electrons. The maximum Gasteiger partial charge on any atom is 0.0452 e. The molecular formula is C12H13NS2. The third kappa shape index (κ3) is 3.01. The second-order valence-corrected chi connectivity index (χ2v) is 5.38. The van der Waals surface area contributed by atoms with E-state index in [1.807, 2.05) is 41.3 Å². The largest absolute Gasteiger partial charge is 0.398 e. The van der Waals surface area contributed by atoms with Gasteiger partial charge in [-0.2, -0.15) is 0 Å². The predicted molar refractivity (Wildman–Crippen MR) is 69.6 cm³/mol. The number of nitrogen functional groups attached to an aromatic ring is 1. The third-order valence-electron chi connectivity index (χ3n) is 2.11. The van der Waals surface area contributed by atoms with Crippen molar-refractivity contribution in [1.82, 2.24) is 0 Å². The van der Waals surface area contributed by atoms with Gasteiger partial charge in [0.2, 0.25) is 0 Å². The van der Waals surface area contributed by atoms with Crippen LogP contribution in [0.3, 0.4) is 0 Å². The zero-order valence-electron chi connectivity index (χ0n) is 8.35. The third-order valence-corrected chi connectivity index (χ3v) is 4.13. The van der Waals surface area contributed by atoms with E-state index in [1.54, 1.807) is 0 Å². The predicted octanol–water partition coefficient (Wildman–Crippen LogP) is 3.67. The molecule has 0 fully saturated rings. The topological polar surface area (TPSA) is 26.0 Å². The van der Waals surface area contributed by atoms with E-state index in [0.717, 1.165) is 17.9 Å². The molecule has 2 rings (SSSR count). The number of hydrogen-bond acceptors (Lipinski definition) is 3. The van der Waals surface area contributed by atoms with Crippen LogP contribution in [0.2, 0.25) is 0 Å². The van der Waals surface area contributed by atoms with Crippen LogP contribution in [0.25, 0.3) is 0 Å². The van der Waals surface area contributed by atoms with Crippen molar-refractivity contribution in [2.75, 3.05) is 11.5 Å². The average molecular weight is 235 g/mol. The quantitative estimate of drug-likeness (QED) is 0.646. The second kappa shape index (κ2) is 5.24. The molecule has 1 aromatic carbocycles. The van der Waals surface area contributed by atoms with E-state index in [-0.39, 0.29) is 0 Å². The summed E-state index contributed by atoms with van der Waals surface area (Å²) in [5.41, 5.74) is 6.74. The van der Waals surface area contributed by atoms with E-state index in [4.69, 9.17) is 5.73 Å². The highest BCUT2D eigenvalue weighted by Crippen LogP contribution is 2.25. The van der Waals surface area contributed by atoms with Gasteiger partial charge < -0.3 is 5.73 Å². The minimum Gasteiger partial charge on any atom is -0.398 e. The van der Waals surface area contributed by atoms with Gasteiger partial charge in [0.25, 0.3) is 0 Å². The van der Waals surface area contributed by atoms with Crippen LogP contribution in [-0.2, 0) is 6.42 Å². The van der Waals surface area contributed by atoms with E-state index in [2.05, 4.69) is 23.6 Å². The van der Waals surface area contributed by atoms with Crippen molar-refractivity contribution < 1.29 is 0 Å². The van der Waals surface area contributed by atoms with Crippen LogP contribution in [0.1, 0.15) is 4.88 Å². The Morgan fingerprint density at radius 2 is 2.00 bits per heavy atom. The molecular weight excluding hydrogens is 222 g/mol. The molecule has 0 atom stereocenters. The molecule has 0 amide bonds. The molecule has 0 spiro atoms.